The number of fused-ring (bicyclic) bond motifs is 3. The largest absolute Gasteiger partial charge is 0.494 e. The maximum Gasteiger partial charge on any atom is 0.494 e. The zero-order chi connectivity index (χ0) is 25.9. The first-order chi connectivity index (χ1) is 17.7. The lowest BCUT2D eigenvalue weighted by atomic mass is 9.78. The lowest BCUT2D eigenvalue weighted by Gasteiger charge is -2.32. The van der Waals surface area contributed by atoms with Crippen LogP contribution >= 0.6 is 0 Å². The number of pyridine rings is 1. The lowest BCUT2D eigenvalue weighted by molar-refractivity contribution is 0.00578. The summed E-state index contributed by atoms with van der Waals surface area (Å²) >= 11 is 0. The van der Waals surface area contributed by atoms with Crippen molar-refractivity contribution in [2.24, 2.45) is 0 Å². The van der Waals surface area contributed by atoms with Gasteiger partial charge in [0.05, 0.1) is 33.8 Å². The molecule has 0 bridgehead atoms. The van der Waals surface area contributed by atoms with Gasteiger partial charge in [0.15, 0.2) is 0 Å². The predicted molar refractivity (Wildman–Crippen MR) is 152 cm³/mol. The van der Waals surface area contributed by atoms with Gasteiger partial charge in [-0.15, -0.1) is 0 Å². The highest BCUT2D eigenvalue weighted by Gasteiger charge is 2.51. The molecule has 2 aliphatic rings. The fourth-order valence-corrected chi connectivity index (χ4v) is 4.96. The van der Waals surface area contributed by atoms with Gasteiger partial charge in [-0.1, -0.05) is 72.8 Å². The number of hydrogen-bond donors (Lipinski definition) is 2. The van der Waals surface area contributed by atoms with Gasteiger partial charge in [0, 0.05) is 27.6 Å². The van der Waals surface area contributed by atoms with E-state index in [0.29, 0.717) is 0 Å². The number of rotatable bonds is 3. The average molecular weight is 485 g/mol. The van der Waals surface area contributed by atoms with Crippen molar-refractivity contribution in [3.8, 4) is 11.3 Å². The molecule has 0 amide bonds. The lowest BCUT2D eigenvalue weighted by Crippen LogP contribution is -2.41. The Morgan fingerprint density at radius 1 is 0.703 bits per heavy atom. The summed E-state index contributed by atoms with van der Waals surface area (Å²) in [7, 11) is -0.434. The molecule has 0 radical (unpaired) electrons. The molecule has 1 fully saturated rings. The van der Waals surface area contributed by atoms with Gasteiger partial charge in [0.1, 0.15) is 0 Å². The second-order valence-corrected chi connectivity index (χ2v) is 10.7. The zero-order valence-corrected chi connectivity index (χ0v) is 21.4. The van der Waals surface area contributed by atoms with Crippen molar-refractivity contribution >= 4 is 46.6 Å². The highest BCUT2D eigenvalue weighted by Crippen LogP contribution is 2.39. The van der Waals surface area contributed by atoms with Crippen LogP contribution in [0.2, 0.25) is 0 Å². The molecule has 5 nitrogen and oxygen atoms in total. The van der Waals surface area contributed by atoms with Crippen LogP contribution in [0, 0.1) is 10.8 Å². The first-order valence-electron chi connectivity index (χ1n) is 12.5. The molecule has 4 aromatic rings. The maximum atomic E-state index is 8.99. The molecular formula is C31H28BN3O2. The molecule has 6 heteroatoms. The highest BCUT2D eigenvalue weighted by molar-refractivity contribution is 6.64. The van der Waals surface area contributed by atoms with Crippen molar-refractivity contribution in [1.82, 2.24) is 4.98 Å². The highest BCUT2D eigenvalue weighted by atomic mass is 16.7. The molecular weight excluding hydrogens is 457 g/mol. The number of hydrogen-bond acceptors (Lipinski definition) is 5. The van der Waals surface area contributed by atoms with Gasteiger partial charge in [-0.3, -0.25) is 10.8 Å². The molecule has 1 aliphatic carbocycles. The summed E-state index contributed by atoms with van der Waals surface area (Å²) in [5.41, 5.74) is 6.37. The minimum atomic E-state index is -0.434. The van der Waals surface area contributed by atoms with Crippen molar-refractivity contribution < 1.29 is 9.31 Å². The molecule has 6 rings (SSSR count). The van der Waals surface area contributed by atoms with E-state index in [-0.39, 0.29) is 11.4 Å². The van der Waals surface area contributed by atoms with Crippen molar-refractivity contribution in [2.75, 3.05) is 0 Å². The molecule has 37 heavy (non-hydrogen) atoms. The van der Waals surface area contributed by atoms with Crippen molar-refractivity contribution in [3.05, 3.63) is 95.6 Å². The second-order valence-electron chi connectivity index (χ2n) is 10.7. The monoisotopic (exact) mass is 485 g/mol. The van der Waals surface area contributed by atoms with E-state index in [1.54, 1.807) is 0 Å². The van der Waals surface area contributed by atoms with Gasteiger partial charge in [0.25, 0.3) is 0 Å². The Bertz CT molecular complexity index is 1590. The molecule has 0 spiro atoms. The standard InChI is InChI=1S/C31H28BN3O2/c1-30(2)31(3,4)37-32(36-30)21-16-14-20(15-17-21)29-24-18-23(19-10-6-5-7-11-19)27(33)28(34)26(24)22-12-8-9-13-25(22)35-29/h5-18,33-34H,1-4H3. The number of allylic oxidation sites excluding steroid dienone is 1. The molecule has 1 saturated heterocycles. The summed E-state index contributed by atoms with van der Waals surface area (Å²) in [5, 5.41) is 18.7. The number of nitrogens with zero attached hydrogens (tertiary/aromatic N) is 1. The molecule has 0 unspecified atom stereocenters. The summed E-state index contributed by atoms with van der Waals surface area (Å²) in [5.74, 6) is 0. The average Bonchev–Trinajstić information content (AvgIpc) is 3.12. The zero-order valence-electron chi connectivity index (χ0n) is 21.4. The van der Waals surface area contributed by atoms with Crippen LogP contribution in [0.5, 0.6) is 0 Å². The van der Waals surface area contributed by atoms with E-state index >= 15 is 0 Å². The van der Waals surface area contributed by atoms with E-state index in [2.05, 4.69) is 27.7 Å². The second kappa shape index (κ2) is 8.33. The van der Waals surface area contributed by atoms with Gasteiger partial charge >= 0.3 is 7.12 Å². The predicted octanol–water partition coefficient (Wildman–Crippen LogP) is 6.14. The first-order valence-corrected chi connectivity index (χ1v) is 12.5. The summed E-state index contributed by atoms with van der Waals surface area (Å²) in [4.78, 5) is 5.05. The van der Waals surface area contributed by atoms with Crippen LogP contribution in [-0.2, 0) is 9.31 Å². The van der Waals surface area contributed by atoms with Gasteiger partial charge in [-0.25, -0.2) is 4.98 Å². The normalized spacial score (nSPS) is 18.2. The van der Waals surface area contributed by atoms with Crippen LogP contribution in [0.25, 0.3) is 33.8 Å². The number of para-hydroxylation sites is 1. The SMILES string of the molecule is CC1(C)OB(c2ccc(-c3nc4ccccc4c4c3C=C(c3ccccc3)C(=N)C4=N)cc2)OC1(C)C. The van der Waals surface area contributed by atoms with Crippen LogP contribution in [0.1, 0.15) is 44.4 Å². The van der Waals surface area contributed by atoms with E-state index in [1.807, 2.05) is 84.9 Å². The number of aromatic nitrogens is 1. The summed E-state index contributed by atoms with van der Waals surface area (Å²) in [6.45, 7) is 8.21. The maximum absolute atomic E-state index is 8.99. The minimum Gasteiger partial charge on any atom is -0.399 e. The first kappa shape index (κ1) is 23.5. The van der Waals surface area contributed by atoms with E-state index < -0.39 is 18.3 Å². The van der Waals surface area contributed by atoms with Crippen LogP contribution in [0.15, 0.2) is 78.9 Å². The van der Waals surface area contributed by atoms with E-state index in [0.717, 1.165) is 49.9 Å². The summed E-state index contributed by atoms with van der Waals surface area (Å²) in [6, 6.07) is 25.8. The third kappa shape index (κ3) is 3.76. The van der Waals surface area contributed by atoms with Gasteiger partial charge in [0.2, 0.25) is 0 Å². The molecule has 2 heterocycles. The van der Waals surface area contributed by atoms with Crippen molar-refractivity contribution in [1.29, 1.82) is 10.8 Å². The number of nitrogens with one attached hydrogen (secondary N) is 2. The Morgan fingerprint density at radius 3 is 2.00 bits per heavy atom. The molecule has 1 aromatic heterocycles. The topological polar surface area (TPSA) is 79.0 Å². The van der Waals surface area contributed by atoms with Gasteiger partial charge < -0.3 is 9.31 Å². The molecule has 3 aromatic carbocycles. The molecule has 182 valence electrons. The Balaban J connectivity index is 1.50. The fourth-order valence-electron chi connectivity index (χ4n) is 4.96. The third-order valence-electron chi connectivity index (χ3n) is 7.78. The smallest absolute Gasteiger partial charge is 0.399 e. The van der Waals surface area contributed by atoms with Crippen LogP contribution in [-0.4, -0.2) is 34.7 Å². The summed E-state index contributed by atoms with van der Waals surface area (Å²) in [6.07, 6.45) is 2.02. The van der Waals surface area contributed by atoms with Crippen LogP contribution < -0.4 is 5.46 Å². The van der Waals surface area contributed by atoms with E-state index in [1.165, 1.54) is 0 Å². The fraction of sp³-hybridized carbons (Fsp3) is 0.194. The van der Waals surface area contributed by atoms with Crippen molar-refractivity contribution in [3.63, 3.8) is 0 Å². The van der Waals surface area contributed by atoms with Gasteiger partial charge in [-0.05, 0) is 50.9 Å². The Labute approximate surface area is 217 Å². The molecule has 2 N–H and O–H groups in total. The van der Waals surface area contributed by atoms with E-state index in [9.17, 15) is 0 Å². The van der Waals surface area contributed by atoms with Gasteiger partial charge in [-0.2, -0.15) is 0 Å². The minimum absolute atomic E-state index is 0.213. The Kier molecular flexibility index (Phi) is 5.30. The van der Waals surface area contributed by atoms with E-state index in [4.69, 9.17) is 25.1 Å². The van der Waals surface area contributed by atoms with Crippen LogP contribution in [0.3, 0.4) is 0 Å². The molecule has 0 saturated carbocycles. The Morgan fingerprint density at radius 2 is 1.32 bits per heavy atom. The third-order valence-corrected chi connectivity index (χ3v) is 7.78. The van der Waals surface area contributed by atoms with Crippen LogP contribution in [0.4, 0.5) is 0 Å². The molecule has 1 aliphatic heterocycles. The number of benzene rings is 3. The molecule has 0 atom stereocenters. The van der Waals surface area contributed by atoms with Crippen molar-refractivity contribution in [2.45, 2.75) is 38.9 Å². The summed E-state index contributed by atoms with van der Waals surface area (Å²) < 4.78 is 12.5. The Hall–Kier alpha value is -3.87. The quantitative estimate of drug-likeness (QED) is 0.342.